The van der Waals surface area contributed by atoms with Gasteiger partial charge in [-0.3, -0.25) is 0 Å². The molecule has 0 saturated heterocycles. The van der Waals surface area contributed by atoms with Crippen molar-refractivity contribution in [3.8, 4) is 22.9 Å². The van der Waals surface area contributed by atoms with Crippen molar-refractivity contribution < 1.29 is 5.11 Å². The Kier molecular flexibility index (Phi) is 2.49. The number of phenols is 1. The quantitative estimate of drug-likeness (QED) is 0.710. The second-order valence-corrected chi connectivity index (χ2v) is 3.47. The van der Waals surface area contributed by atoms with E-state index in [0.29, 0.717) is 5.69 Å². The normalized spacial score (nSPS) is 9.69. The van der Waals surface area contributed by atoms with Crippen molar-refractivity contribution in [2.45, 2.75) is 0 Å². The molecule has 0 aromatic heterocycles. The average Bonchev–Trinajstić information content (AvgIpc) is 2.29. The highest BCUT2D eigenvalue weighted by Gasteiger charge is 2.03. The van der Waals surface area contributed by atoms with Gasteiger partial charge in [0, 0.05) is 5.69 Å². The fraction of sp³-hybridized carbons (Fsp3) is 0. The van der Waals surface area contributed by atoms with E-state index in [9.17, 15) is 5.11 Å². The first-order valence-corrected chi connectivity index (χ1v) is 4.80. The number of rotatable bonds is 1. The van der Waals surface area contributed by atoms with E-state index in [1.54, 1.807) is 24.3 Å². The third-order valence-electron chi connectivity index (χ3n) is 2.34. The number of aromatic hydroxyl groups is 1. The molecule has 0 fully saturated rings. The Morgan fingerprint density at radius 1 is 1.06 bits per heavy atom. The zero-order valence-electron chi connectivity index (χ0n) is 8.51. The van der Waals surface area contributed by atoms with Crippen molar-refractivity contribution in [1.82, 2.24) is 0 Å². The van der Waals surface area contributed by atoms with Crippen LogP contribution in [-0.4, -0.2) is 5.11 Å². The van der Waals surface area contributed by atoms with Crippen molar-refractivity contribution in [3.63, 3.8) is 0 Å². The minimum atomic E-state index is -0.0116. The lowest BCUT2D eigenvalue weighted by molar-refractivity contribution is 0.474. The Labute approximate surface area is 93.4 Å². The van der Waals surface area contributed by atoms with Gasteiger partial charge in [-0.1, -0.05) is 18.2 Å². The van der Waals surface area contributed by atoms with Gasteiger partial charge in [0.05, 0.1) is 5.56 Å². The van der Waals surface area contributed by atoms with E-state index >= 15 is 0 Å². The van der Waals surface area contributed by atoms with E-state index < -0.39 is 0 Å². The molecule has 2 aromatic carbocycles. The van der Waals surface area contributed by atoms with Crippen molar-refractivity contribution in [3.05, 3.63) is 48.0 Å². The summed E-state index contributed by atoms with van der Waals surface area (Å²) < 4.78 is 0. The SMILES string of the molecule is N#Cc1ccc(-c2cccc(N)c2)cc1O. The van der Waals surface area contributed by atoms with E-state index in [1.807, 2.05) is 24.3 Å². The van der Waals surface area contributed by atoms with Gasteiger partial charge in [0.15, 0.2) is 0 Å². The number of nitrogen functional groups attached to an aromatic ring is 1. The van der Waals surface area contributed by atoms with E-state index in [-0.39, 0.29) is 11.3 Å². The topological polar surface area (TPSA) is 70.0 Å². The second-order valence-electron chi connectivity index (χ2n) is 3.47. The number of benzene rings is 2. The van der Waals surface area contributed by atoms with Gasteiger partial charge in [-0.15, -0.1) is 0 Å². The molecule has 0 heterocycles. The minimum Gasteiger partial charge on any atom is -0.507 e. The van der Waals surface area contributed by atoms with E-state index in [2.05, 4.69) is 0 Å². The molecular formula is C13H10N2O. The van der Waals surface area contributed by atoms with Crippen LogP contribution in [0.25, 0.3) is 11.1 Å². The molecule has 3 nitrogen and oxygen atoms in total. The first kappa shape index (κ1) is 10.1. The molecule has 0 unspecified atom stereocenters. The molecule has 0 saturated carbocycles. The summed E-state index contributed by atoms with van der Waals surface area (Å²) in [6.07, 6.45) is 0. The maximum atomic E-state index is 9.57. The van der Waals surface area contributed by atoms with E-state index in [0.717, 1.165) is 11.1 Å². The highest BCUT2D eigenvalue weighted by molar-refractivity contribution is 5.69. The number of hydrogen-bond acceptors (Lipinski definition) is 3. The fourth-order valence-electron chi connectivity index (χ4n) is 1.52. The van der Waals surface area contributed by atoms with Crippen LogP contribution in [0.5, 0.6) is 5.75 Å². The van der Waals surface area contributed by atoms with Crippen molar-refractivity contribution in [2.24, 2.45) is 0 Å². The fourth-order valence-corrected chi connectivity index (χ4v) is 1.52. The molecule has 0 radical (unpaired) electrons. The van der Waals surface area contributed by atoms with Gasteiger partial charge in [-0.05, 0) is 35.4 Å². The maximum absolute atomic E-state index is 9.57. The van der Waals surface area contributed by atoms with Crippen LogP contribution >= 0.6 is 0 Å². The van der Waals surface area contributed by atoms with Crippen LogP contribution in [0.1, 0.15) is 5.56 Å². The summed E-state index contributed by atoms with van der Waals surface area (Å²) in [6, 6.07) is 14.2. The standard InChI is InChI=1S/C13H10N2O/c14-8-11-5-4-10(7-13(11)16)9-2-1-3-12(15)6-9/h1-7,16H,15H2. The molecule has 0 atom stereocenters. The van der Waals surface area contributed by atoms with Gasteiger partial charge in [-0.25, -0.2) is 0 Å². The largest absolute Gasteiger partial charge is 0.507 e. The number of nitrogens with zero attached hydrogens (tertiary/aromatic N) is 1. The summed E-state index contributed by atoms with van der Waals surface area (Å²) in [5.74, 6) is -0.0116. The molecule has 3 heteroatoms. The second kappa shape index (κ2) is 3.95. The number of nitriles is 1. The zero-order valence-corrected chi connectivity index (χ0v) is 8.51. The third-order valence-corrected chi connectivity index (χ3v) is 2.34. The van der Waals surface area contributed by atoms with Crippen LogP contribution in [-0.2, 0) is 0 Å². The molecule has 0 bridgehead atoms. The van der Waals surface area contributed by atoms with E-state index in [1.165, 1.54) is 0 Å². The summed E-state index contributed by atoms with van der Waals surface area (Å²) in [5, 5.41) is 18.3. The molecule has 16 heavy (non-hydrogen) atoms. The van der Waals surface area contributed by atoms with Crippen LogP contribution in [0, 0.1) is 11.3 Å². The summed E-state index contributed by atoms with van der Waals surface area (Å²) in [6.45, 7) is 0. The zero-order chi connectivity index (χ0) is 11.5. The molecule has 3 N–H and O–H groups in total. The Hall–Kier alpha value is -2.47. The van der Waals surface area contributed by atoms with E-state index in [4.69, 9.17) is 11.0 Å². The first-order chi connectivity index (χ1) is 7.70. The van der Waals surface area contributed by atoms with Gasteiger partial charge in [0.2, 0.25) is 0 Å². The lowest BCUT2D eigenvalue weighted by Gasteiger charge is -2.04. The predicted molar refractivity (Wildman–Crippen MR) is 62.7 cm³/mol. The van der Waals surface area contributed by atoms with Crippen molar-refractivity contribution in [1.29, 1.82) is 5.26 Å². The molecule has 2 rings (SSSR count). The molecule has 0 amide bonds. The first-order valence-electron chi connectivity index (χ1n) is 4.80. The molecule has 2 aromatic rings. The van der Waals surface area contributed by atoms with Crippen molar-refractivity contribution >= 4 is 5.69 Å². The Morgan fingerprint density at radius 3 is 2.44 bits per heavy atom. The molecule has 0 aliphatic rings. The smallest absolute Gasteiger partial charge is 0.133 e. The molecule has 78 valence electrons. The molecular weight excluding hydrogens is 200 g/mol. The summed E-state index contributed by atoms with van der Waals surface area (Å²) >= 11 is 0. The Balaban J connectivity index is 2.50. The lowest BCUT2D eigenvalue weighted by atomic mass is 10.0. The number of phenolic OH excluding ortho intramolecular Hbond substituents is 1. The molecule has 0 aliphatic heterocycles. The summed E-state index contributed by atoms with van der Waals surface area (Å²) in [5.41, 5.74) is 8.37. The maximum Gasteiger partial charge on any atom is 0.133 e. The Bertz CT molecular complexity index is 570. The predicted octanol–water partition coefficient (Wildman–Crippen LogP) is 2.51. The molecule has 0 aliphatic carbocycles. The molecule has 0 spiro atoms. The summed E-state index contributed by atoms with van der Waals surface area (Å²) in [7, 11) is 0. The van der Waals surface area contributed by atoms with Gasteiger partial charge >= 0.3 is 0 Å². The lowest BCUT2D eigenvalue weighted by Crippen LogP contribution is -1.85. The van der Waals surface area contributed by atoms with Crippen molar-refractivity contribution in [2.75, 3.05) is 5.73 Å². The van der Waals surface area contributed by atoms with Gasteiger partial charge in [-0.2, -0.15) is 5.26 Å². The number of anilines is 1. The van der Waals surface area contributed by atoms with Crippen LogP contribution in [0.15, 0.2) is 42.5 Å². The van der Waals surface area contributed by atoms with Gasteiger partial charge in [0.25, 0.3) is 0 Å². The van der Waals surface area contributed by atoms with Crippen LogP contribution in [0.4, 0.5) is 5.69 Å². The third kappa shape index (κ3) is 1.82. The monoisotopic (exact) mass is 210 g/mol. The number of hydrogen-bond donors (Lipinski definition) is 2. The number of nitrogens with two attached hydrogens (primary N) is 1. The highest BCUT2D eigenvalue weighted by atomic mass is 16.3. The Morgan fingerprint density at radius 2 is 1.81 bits per heavy atom. The average molecular weight is 210 g/mol. The highest BCUT2D eigenvalue weighted by Crippen LogP contribution is 2.26. The summed E-state index contributed by atoms with van der Waals surface area (Å²) in [4.78, 5) is 0. The van der Waals surface area contributed by atoms with Crippen LogP contribution in [0.3, 0.4) is 0 Å². The van der Waals surface area contributed by atoms with Gasteiger partial charge < -0.3 is 10.8 Å². The van der Waals surface area contributed by atoms with Gasteiger partial charge in [0.1, 0.15) is 11.8 Å². The van der Waals surface area contributed by atoms with Crippen LogP contribution in [0.2, 0.25) is 0 Å². The van der Waals surface area contributed by atoms with Crippen LogP contribution < -0.4 is 5.73 Å². The minimum absolute atomic E-state index is 0.0116.